The fourth-order valence-electron chi connectivity index (χ4n) is 1.43. The highest BCUT2D eigenvalue weighted by atomic mass is 16.5. The van der Waals surface area contributed by atoms with Crippen molar-refractivity contribution in [3.05, 3.63) is 29.3 Å². The van der Waals surface area contributed by atoms with Crippen molar-refractivity contribution in [1.29, 1.82) is 0 Å². The van der Waals surface area contributed by atoms with Gasteiger partial charge in [-0.1, -0.05) is 13.0 Å². The maximum atomic E-state index is 9.57. The van der Waals surface area contributed by atoms with Crippen molar-refractivity contribution in [3.63, 3.8) is 0 Å². The first-order valence-electron chi connectivity index (χ1n) is 5.12. The monoisotopic (exact) mass is 194 g/mol. The molecule has 0 saturated carbocycles. The van der Waals surface area contributed by atoms with Crippen LogP contribution in [0.3, 0.4) is 0 Å². The van der Waals surface area contributed by atoms with Gasteiger partial charge in [0.15, 0.2) is 0 Å². The lowest BCUT2D eigenvalue weighted by Crippen LogP contribution is -2.00. The molecule has 1 rings (SSSR count). The molecule has 1 atom stereocenters. The first kappa shape index (κ1) is 11.1. The molecule has 0 aromatic heterocycles. The molecule has 0 aliphatic heterocycles. The first-order chi connectivity index (χ1) is 6.69. The van der Waals surface area contributed by atoms with Crippen LogP contribution in [0, 0.1) is 0 Å². The van der Waals surface area contributed by atoms with E-state index < -0.39 is 6.10 Å². The van der Waals surface area contributed by atoms with Crippen molar-refractivity contribution < 1.29 is 9.84 Å². The van der Waals surface area contributed by atoms with Crippen molar-refractivity contribution >= 4 is 0 Å². The lowest BCUT2D eigenvalue weighted by molar-refractivity contribution is 0.192. The molecule has 1 aromatic rings. The highest BCUT2D eigenvalue weighted by Gasteiger charge is 2.09. The molecule has 0 aliphatic rings. The van der Waals surface area contributed by atoms with Crippen LogP contribution >= 0.6 is 0 Å². The van der Waals surface area contributed by atoms with Crippen molar-refractivity contribution in [2.24, 2.45) is 0 Å². The topological polar surface area (TPSA) is 29.5 Å². The number of aliphatic hydroxyl groups excluding tert-OH is 1. The van der Waals surface area contributed by atoms with E-state index in [0.717, 1.165) is 17.7 Å². The predicted molar refractivity (Wildman–Crippen MR) is 57.6 cm³/mol. The second-order valence-corrected chi connectivity index (χ2v) is 3.33. The van der Waals surface area contributed by atoms with Crippen molar-refractivity contribution in [2.75, 3.05) is 6.61 Å². The van der Waals surface area contributed by atoms with E-state index in [0.29, 0.717) is 6.61 Å². The van der Waals surface area contributed by atoms with Crippen molar-refractivity contribution in [3.8, 4) is 5.75 Å². The number of aliphatic hydroxyl groups is 1. The molecule has 1 unspecified atom stereocenters. The Labute approximate surface area is 85.5 Å². The summed E-state index contributed by atoms with van der Waals surface area (Å²) in [5.41, 5.74) is 2.11. The van der Waals surface area contributed by atoms with E-state index in [1.54, 1.807) is 6.92 Å². The number of hydrogen-bond acceptors (Lipinski definition) is 2. The van der Waals surface area contributed by atoms with Crippen LogP contribution in [0.2, 0.25) is 0 Å². The summed E-state index contributed by atoms with van der Waals surface area (Å²) in [6.45, 7) is 6.43. The van der Waals surface area contributed by atoms with E-state index in [4.69, 9.17) is 4.74 Å². The fourth-order valence-corrected chi connectivity index (χ4v) is 1.43. The van der Waals surface area contributed by atoms with Gasteiger partial charge in [0.05, 0.1) is 12.7 Å². The molecule has 0 amide bonds. The zero-order valence-electron chi connectivity index (χ0n) is 9.08. The quantitative estimate of drug-likeness (QED) is 0.798. The van der Waals surface area contributed by atoms with E-state index in [1.807, 2.05) is 25.1 Å². The Morgan fingerprint density at radius 1 is 1.36 bits per heavy atom. The molecule has 0 saturated heterocycles. The van der Waals surface area contributed by atoms with Crippen LogP contribution in [-0.2, 0) is 6.42 Å². The van der Waals surface area contributed by atoms with Crippen LogP contribution in [0.4, 0.5) is 0 Å². The molecule has 78 valence electrons. The van der Waals surface area contributed by atoms with Crippen molar-refractivity contribution in [2.45, 2.75) is 33.3 Å². The number of rotatable bonds is 4. The minimum Gasteiger partial charge on any atom is -0.493 e. The molecular formula is C12H18O2. The van der Waals surface area contributed by atoms with E-state index in [9.17, 15) is 5.11 Å². The largest absolute Gasteiger partial charge is 0.493 e. The van der Waals surface area contributed by atoms with Crippen molar-refractivity contribution in [1.82, 2.24) is 0 Å². The summed E-state index contributed by atoms with van der Waals surface area (Å²) in [7, 11) is 0. The third kappa shape index (κ3) is 2.48. The molecule has 0 spiro atoms. The zero-order valence-corrected chi connectivity index (χ0v) is 9.08. The predicted octanol–water partition coefficient (Wildman–Crippen LogP) is 2.70. The number of aryl methyl sites for hydroxylation is 1. The molecule has 0 aliphatic carbocycles. The van der Waals surface area contributed by atoms with Gasteiger partial charge in [-0.15, -0.1) is 0 Å². The summed E-state index contributed by atoms with van der Waals surface area (Å²) < 4.78 is 5.44. The molecule has 1 N–H and O–H groups in total. The minimum atomic E-state index is -0.469. The molecule has 2 heteroatoms. The average Bonchev–Trinajstić information content (AvgIpc) is 2.18. The Morgan fingerprint density at radius 3 is 2.57 bits per heavy atom. The molecule has 14 heavy (non-hydrogen) atoms. The SMILES string of the molecule is CCOc1ccc(CC)cc1C(C)O. The van der Waals surface area contributed by atoms with Gasteiger partial charge in [0.2, 0.25) is 0 Å². The highest BCUT2D eigenvalue weighted by molar-refractivity contribution is 5.38. The smallest absolute Gasteiger partial charge is 0.125 e. The second kappa shape index (κ2) is 5.01. The summed E-state index contributed by atoms with van der Waals surface area (Å²) in [6.07, 6.45) is 0.509. The van der Waals surface area contributed by atoms with Gasteiger partial charge in [0.25, 0.3) is 0 Å². The van der Waals surface area contributed by atoms with Gasteiger partial charge in [-0.25, -0.2) is 0 Å². The van der Waals surface area contributed by atoms with Gasteiger partial charge in [0.1, 0.15) is 5.75 Å². The van der Waals surface area contributed by atoms with Crippen LogP contribution in [0.5, 0.6) is 5.75 Å². The molecule has 1 aromatic carbocycles. The standard InChI is InChI=1S/C12H18O2/c1-4-10-6-7-12(14-5-2)11(8-10)9(3)13/h6-9,13H,4-5H2,1-3H3. The summed E-state index contributed by atoms with van der Waals surface area (Å²) in [5.74, 6) is 0.791. The van der Waals surface area contributed by atoms with Crippen LogP contribution in [-0.4, -0.2) is 11.7 Å². The molecule has 0 bridgehead atoms. The van der Waals surface area contributed by atoms with Gasteiger partial charge < -0.3 is 9.84 Å². The van der Waals surface area contributed by atoms with E-state index >= 15 is 0 Å². The number of ether oxygens (including phenoxy) is 1. The normalized spacial score (nSPS) is 12.6. The summed E-state index contributed by atoms with van der Waals surface area (Å²) >= 11 is 0. The zero-order chi connectivity index (χ0) is 10.6. The van der Waals surface area contributed by atoms with Gasteiger partial charge >= 0.3 is 0 Å². The van der Waals surface area contributed by atoms with Gasteiger partial charge in [0, 0.05) is 5.56 Å². The van der Waals surface area contributed by atoms with E-state index in [1.165, 1.54) is 5.56 Å². The van der Waals surface area contributed by atoms with Gasteiger partial charge in [-0.2, -0.15) is 0 Å². The average molecular weight is 194 g/mol. The summed E-state index contributed by atoms with van der Waals surface area (Å²) in [5, 5.41) is 9.57. The second-order valence-electron chi connectivity index (χ2n) is 3.33. The first-order valence-corrected chi connectivity index (χ1v) is 5.12. The highest BCUT2D eigenvalue weighted by Crippen LogP contribution is 2.26. The lowest BCUT2D eigenvalue weighted by Gasteiger charge is -2.13. The van der Waals surface area contributed by atoms with Gasteiger partial charge in [-0.05, 0) is 38.0 Å². The summed E-state index contributed by atoms with van der Waals surface area (Å²) in [4.78, 5) is 0. The Morgan fingerprint density at radius 2 is 2.07 bits per heavy atom. The third-order valence-corrected chi connectivity index (χ3v) is 2.23. The Hall–Kier alpha value is -1.02. The molecule has 0 fully saturated rings. The van der Waals surface area contributed by atoms with E-state index in [2.05, 4.69) is 6.92 Å². The van der Waals surface area contributed by atoms with Crippen LogP contribution in [0.15, 0.2) is 18.2 Å². The Bertz CT molecular complexity index is 292. The third-order valence-electron chi connectivity index (χ3n) is 2.23. The fraction of sp³-hybridized carbons (Fsp3) is 0.500. The van der Waals surface area contributed by atoms with Gasteiger partial charge in [-0.3, -0.25) is 0 Å². The Balaban J connectivity index is 3.03. The van der Waals surface area contributed by atoms with Crippen LogP contribution in [0.1, 0.15) is 38.0 Å². The molecule has 0 radical (unpaired) electrons. The van der Waals surface area contributed by atoms with E-state index in [-0.39, 0.29) is 0 Å². The number of benzene rings is 1. The lowest BCUT2D eigenvalue weighted by atomic mass is 10.0. The minimum absolute atomic E-state index is 0.469. The number of hydrogen-bond donors (Lipinski definition) is 1. The molecular weight excluding hydrogens is 176 g/mol. The van der Waals surface area contributed by atoms with Crippen LogP contribution < -0.4 is 4.74 Å². The molecule has 0 heterocycles. The van der Waals surface area contributed by atoms with Crippen LogP contribution in [0.25, 0.3) is 0 Å². The summed E-state index contributed by atoms with van der Waals surface area (Å²) in [6, 6.07) is 5.98. The maximum Gasteiger partial charge on any atom is 0.125 e. The Kier molecular flexibility index (Phi) is 3.96. The maximum absolute atomic E-state index is 9.57. The molecule has 2 nitrogen and oxygen atoms in total.